The summed E-state index contributed by atoms with van der Waals surface area (Å²) in [6.07, 6.45) is -0.315. The Kier molecular flexibility index (Phi) is 7.07. The standard InChI is InChI=1S/C26H28N2O5S/c1-3-22(20-13-15-21(32-2)16-14-20)27-26(29)25-17-28(23-11-7-8-12-24(23)33-25)34(30,31)18-19-9-5-4-6-10-19/h4-16,22,25H,3,17-18H2,1-2H3,(H,27,29)/t22-,25+/m1/s1. The zero-order chi connectivity index (χ0) is 24.1. The lowest BCUT2D eigenvalue weighted by Crippen LogP contribution is -2.51. The van der Waals surface area contributed by atoms with E-state index in [9.17, 15) is 13.2 Å². The van der Waals surface area contributed by atoms with Gasteiger partial charge in [0.1, 0.15) is 11.5 Å². The van der Waals surface area contributed by atoms with Gasteiger partial charge in [0.25, 0.3) is 5.91 Å². The van der Waals surface area contributed by atoms with E-state index in [1.165, 1.54) is 4.31 Å². The Morgan fingerprint density at radius 2 is 1.74 bits per heavy atom. The second kappa shape index (κ2) is 10.2. The lowest BCUT2D eigenvalue weighted by atomic mass is 10.0. The largest absolute Gasteiger partial charge is 0.497 e. The van der Waals surface area contributed by atoms with Gasteiger partial charge in [0, 0.05) is 0 Å². The number of hydrogen-bond donors (Lipinski definition) is 1. The van der Waals surface area contributed by atoms with Crippen LogP contribution in [-0.2, 0) is 20.6 Å². The Bertz CT molecular complexity index is 1230. The topological polar surface area (TPSA) is 84.9 Å². The number of anilines is 1. The lowest BCUT2D eigenvalue weighted by Gasteiger charge is -2.35. The number of hydrogen-bond acceptors (Lipinski definition) is 5. The number of methoxy groups -OCH3 is 1. The van der Waals surface area contributed by atoms with Crippen molar-refractivity contribution in [3.05, 3.63) is 90.0 Å². The predicted molar refractivity (Wildman–Crippen MR) is 131 cm³/mol. The van der Waals surface area contributed by atoms with Crippen molar-refractivity contribution in [3.8, 4) is 11.5 Å². The van der Waals surface area contributed by atoms with Gasteiger partial charge in [-0.3, -0.25) is 9.10 Å². The van der Waals surface area contributed by atoms with Gasteiger partial charge in [0.15, 0.2) is 6.10 Å². The van der Waals surface area contributed by atoms with E-state index in [-0.39, 0.29) is 24.2 Å². The normalized spacial score (nSPS) is 16.2. The van der Waals surface area contributed by atoms with Crippen LogP contribution in [0.15, 0.2) is 78.9 Å². The second-order valence-corrected chi connectivity index (χ2v) is 9.98. The molecule has 7 nitrogen and oxygen atoms in total. The quantitative estimate of drug-likeness (QED) is 0.526. The third kappa shape index (κ3) is 5.17. The number of sulfonamides is 1. The average Bonchev–Trinajstić information content (AvgIpc) is 2.86. The van der Waals surface area contributed by atoms with E-state index >= 15 is 0 Å². The molecular formula is C26H28N2O5S. The van der Waals surface area contributed by atoms with Crippen molar-refractivity contribution in [2.75, 3.05) is 18.0 Å². The van der Waals surface area contributed by atoms with E-state index in [4.69, 9.17) is 9.47 Å². The molecular weight excluding hydrogens is 452 g/mol. The number of amides is 1. The van der Waals surface area contributed by atoms with E-state index in [0.29, 0.717) is 23.4 Å². The summed E-state index contributed by atoms with van der Waals surface area (Å²) in [5, 5.41) is 3.02. The van der Waals surface area contributed by atoms with E-state index in [2.05, 4.69) is 5.32 Å². The van der Waals surface area contributed by atoms with Crippen LogP contribution in [0, 0.1) is 0 Å². The second-order valence-electron chi connectivity index (χ2n) is 8.09. The molecule has 0 aliphatic carbocycles. The summed E-state index contributed by atoms with van der Waals surface area (Å²) in [7, 11) is -2.15. The highest BCUT2D eigenvalue weighted by atomic mass is 32.2. The van der Waals surface area contributed by atoms with Gasteiger partial charge in [-0.25, -0.2) is 8.42 Å². The Morgan fingerprint density at radius 1 is 1.06 bits per heavy atom. The summed E-state index contributed by atoms with van der Waals surface area (Å²) in [6.45, 7) is 1.87. The Hall–Kier alpha value is -3.52. The summed E-state index contributed by atoms with van der Waals surface area (Å²) in [6, 6.07) is 23.1. The number of rotatable bonds is 8. The van der Waals surface area contributed by atoms with Crippen molar-refractivity contribution in [2.24, 2.45) is 0 Å². The van der Waals surface area contributed by atoms with Crippen LogP contribution in [0.2, 0.25) is 0 Å². The van der Waals surface area contributed by atoms with Gasteiger partial charge in [0.05, 0.1) is 31.1 Å². The summed E-state index contributed by atoms with van der Waals surface area (Å²) in [5.41, 5.74) is 2.05. The highest BCUT2D eigenvalue weighted by Crippen LogP contribution is 2.36. The predicted octanol–water partition coefficient (Wildman–Crippen LogP) is 4.06. The van der Waals surface area contributed by atoms with Gasteiger partial charge >= 0.3 is 0 Å². The first kappa shape index (κ1) is 23.6. The smallest absolute Gasteiger partial charge is 0.263 e. The molecule has 2 atom stereocenters. The maximum absolute atomic E-state index is 13.4. The van der Waals surface area contributed by atoms with Gasteiger partial charge in [-0.05, 0) is 41.8 Å². The van der Waals surface area contributed by atoms with Crippen LogP contribution < -0.4 is 19.1 Å². The maximum Gasteiger partial charge on any atom is 0.263 e. The number of nitrogens with zero attached hydrogens (tertiary/aromatic N) is 1. The average molecular weight is 481 g/mol. The first-order chi connectivity index (χ1) is 16.4. The van der Waals surface area contributed by atoms with Crippen LogP contribution in [0.5, 0.6) is 11.5 Å². The minimum Gasteiger partial charge on any atom is -0.497 e. The Labute approximate surface area is 200 Å². The summed E-state index contributed by atoms with van der Waals surface area (Å²) in [4.78, 5) is 13.2. The molecule has 0 radical (unpaired) electrons. The number of para-hydroxylation sites is 2. The fourth-order valence-electron chi connectivity index (χ4n) is 3.99. The molecule has 34 heavy (non-hydrogen) atoms. The number of nitrogens with one attached hydrogen (secondary N) is 1. The monoisotopic (exact) mass is 480 g/mol. The Morgan fingerprint density at radius 3 is 2.41 bits per heavy atom. The van der Waals surface area contributed by atoms with Crippen LogP contribution in [0.1, 0.15) is 30.5 Å². The number of carbonyl (C=O) groups is 1. The molecule has 0 aromatic heterocycles. The van der Waals surface area contributed by atoms with Crippen LogP contribution in [0.3, 0.4) is 0 Å². The van der Waals surface area contributed by atoms with Crippen LogP contribution in [0.4, 0.5) is 5.69 Å². The maximum atomic E-state index is 13.4. The highest BCUT2D eigenvalue weighted by molar-refractivity contribution is 7.92. The van der Waals surface area contributed by atoms with E-state index in [1.807, 2.05) is 37.3 Å². The SMILES string of the molecule is CC[C@@H](NC(=O)[C@@H]1CN(S(=O)(=O)Cc2ccccc2)c2ccccc2O1)c1ccc(OC)cc1. The molecule has 0 fully saturated rings. The van der Waals surface area contributed by atoms with Crippen molar-refractivity contribution in [3.63, 3.8) is 0 Å². The molecule has 0 bridgehead atoms. The minimum absolute atomic E-state index is 0.100. The first-order valence-corrected chi connectivity index (χ1v) is 12.8. The first-order valence-electron chi connectivity index (χ1n) is 11.2. The van der Waals surface area contributed by atoms with Gasteiger partial charge in [-0.1, -0.05) is 61.5 Å². The van der Waals surface area contributed by atoms with Gasteiger partial charge in [-0.15, -0.1) is 0 Å². The molecule has 1 aliphatic rings. The molecule has 0 spiro atoms. The Balaban J connectivity index is 1.56. The van der Waals surface area contributed by atoms with Crippen LogP contribution >= 0.6 is 0 Å². The molecule has 178 valence electrons. The molecule has 1 heterocycles. The zero-order valence-corrected chi connectivity index (χ0v) is 20.0. The molecule has 3 aromatic rings. The van der Waals surface area contributed by atoms with Gasteiger partial charge in [0.2, 0.25) is 10.0 Å². The third-order valence-corrected chi connectivity index (χ3v) is 7.51. The fourth-order valence-corrected chi connectivity index (χ4v) is 5.57. The van der Waals surface area contributed by atoms with Crippen LogP contribution in [-0.4, -0.2) is 34.1 Å². The van der Waals surface area contributed by atoms with Gasteiger partial charge < -0.3 is 14.8 Å². The number of fused-ring (bicyclic) bond motifs is 1. The fraction of sp³-hybridized carbons (Fsp3) is 0.269. The zero-order valence-electron chi connectivity index (χ0n) is 19.2. The van der Waals surface area contributed by atoms with Crippen molar-refractivity contribution in [1.82, 2.24) is 5.32 Å². The molecule has 8 heteroatoms. The summed E-state index contributed by atoms with van der Waals surface area (Å²) >= 11 is 0. The summed E-state index contributed by atoms with van der Waals surface area (Å²) in [5.74, 6) is 0.566. The molecule has 0 saturated carbocycles. The molecule has 3 aromatic carbocycles. The lowest BCUT2D eigenvalue weighted by molar-refractivity contribution is -0.128. The van der Waals surface area contributed by atoms with Crippen molar-refractivity contribution in [1.29, 1.82) is 0 Å². The number of carbonyl (C=O) groups excluding carboxylic acids is 1. The highest BCUT2D eigenvalue weighted by Gasteiger charge is 2.37. The van der Waals surface area contributed by atoms with E-state index in [0.717, 1.165) is 11.3 Å². The molecule has 4 rings (SSSR count). The third-order valence-electron chi connectivity index (χ3n) is 5.80. The number of ether oxygens (including phenoxy) is 2. The molecule has 0 unspecified atom stereocenters. The minimum atomic E-state index is -3.75. The molecule has 1 aliphatic heterocycles. The van der Waals surface area contributed by atoms with Crippen molar-refractivity contribution in [2.45, 2.75) is 31.2 Å². The molecule has 1 amide bonds. The van der Waals surface area contributed by atoms with E-state index in [1.54, 1.807) is 55.6 Å². The van der Waals surface area contributed by atoms with Crippen molar-refractivity contribution < 1.29 is 22.7 Å². The van der Waals surface area contributed by atoms with Gasteiger partial charge in [-0.2, -0.15) is 0 Å². The van der Waals surface area contributed by atoms with E-state index < -0.39 is 16.1 Å². The van der Waals surface area contributed by atoms with Crippen molar-refractivity contribution >= 4 is 21.6 Å². The number of benzene rings is 3. The molecule has 0 saturated heterocycles. The summed E-state index contributed by atoms with van der Waals surface area (Å²) < 4.78 is 39.2. The van der Waals surface area contributed by atoms with Crippen LogP contribution in [0.25, 0.3) is 0 Å². The molecule has 1 N–H and O–H groups in total.